The number of hydrogen-bond acceptors (Lipinski definition) is 4. The topological polar surface area (TPSA) is 101 Å². The number of aromatic hydroxyl groups is 1. The van der Waals surface area contributed by atoms with Crippen LogP contribution >= 0.6 is 11.6 Å². The average molecular weight is 274 g/mol. The monoisotopic (exact) mass is 273 g/mol. The standard InChI is InChI=1S/C10H8ClNO4S/c11-6-3-1-2-5-9(6)7(13)4-8(10(5)12)17(14,15)16/h1-4,13H,12H2,(H,14,15,16). The molecule has 0 aliphatic carbocycles. The highest BCUT2D eigenvalue weighted by atomic mass is 35.5. The summed E-state index contributed by atoms with van der Waals surface area (Å²) in [5, 5.41) is 10.5. The van der Waals surface area contributed by atoms with Gasteiger partial charge in [-0.2, -0.15) is 8.42 Å². The van der Waals surface area contributed by atoms with Crippen LogP contribution in [0.3, 0.4) is 0 Å². The molecule has 0 unspecified atom stereocenters. The van der Waals surface area contributed by atoms with E-state index in [0.717, 1.165) is 6.07 Å². The van der Waals surface area contributed by atoms with Crippen LogP contribution in [0.1, 0.15) is 0 Å². The van der Waals surface area contributed by atoms with Crippen LogP contribution in [0.15, 0.2) is 29.2 Å². The number of rotatable bonds is 1. The first-order valence-electron chi connectivity index (χ1n) is 4.49. The summed E-state index contributed by atoms with van der Waals surface area (Å²) in [6.45, 7) is 0. The van der Waals surface area contributed by atoms with Crippen molar-refractivity contribution in [2.24, 2.45) is 0 Å². The van der Waals surface area contributed by atoms with Gasteiger partial charge in [0.25, 0.3) is 10.1 Å². The van der Waals surface area contributed by atoms with Gasteiger partial charge in [0.05, 0.1) is 10.7 Å². The van der Waals surface area contributed by atoms with Gasteiger partial charge in [0.1, 0.15) is 10.6 Å². The number of halogens is 1. The zero-order chi connectivity index (χ0) is 12.8. The molecular formula is C10H8ClNO4S. The Morgan fingerprint density at radius 2 is 1.94 bits per heavy atom. The molecule has 0 aliphatic rings. The highest BCUT2D eigenvalue weighted by Gasteiger charge is 2.19. The third kappa shape index (κ3) is 1.90. The molecule has 0 amide bonds. The molecule has 0 radical (unpaired) electrons. The van der Waals surface area contributed by atoms with Crippen molar-refractivity contribution in [3.63, 3.8) is 0 Å². The Morgan fingerprint density at radius 3 is 2.53 bits per heavy atom. The molecule has 7 heteroatoms. The first-order valence-corrected chi connectivity index (χ1v) is 6.31. The van der Waals surface area contributed by atoms with Crippen molar-refractivity contribution >= 4 is 38.2 Å². The predicted octanol–water partition coefficient (Wildman–Crippen LogP) is 2.03. The third-order valence-corrected chi connectivity index (χ3v) is 3.58. The van der Waals surface area contributed by atoms with Gasteiger partial charge < -0.3 is 10.8 Å². The molecule has 0 aromatic heterocycles. The van der Waals surface area contributed by atoms with Gasteiger partial charge in [0.2, 0.25) is 0 Å². The van der Waals surface area contributed by atoms with E-state index in [-0.39, 0.29) is 27.2 Å². The number of anilines is 1. The van der Waals surface area contributed by atoms with Gasteiger partial charge in [0, 0.05) is 16.8 Å². The van der Waals surface area contributed by atoms with Crippen LogP contribution in [0.5, 0.6) is 5.75 Å². The molecule has 0 atom stereocenters. The normalized spacial score (nSPS) is 11.9. The number of phenols is 1. The van der Waals surface area contributed by atoms with Gasteiger partial charge in [-0.3, -0.25) is 4.55 Å². The second kappa shape index (κ2) is 3.76. The zero-order valence-corrected chi connectivity index (χ0v) is 9.96. The van der Waals surface area contributed by atoms with Gasteiger partial charge in [-0.1, -0.05) is 23.7 Å². The molecule has 2 rings (SSSR count). The minimum absolute atomic E-state index is 0.150. The van der Waals surface area contributed by atoms with Gasteiger partial charge >= 0.3 is 0 Å². The zero-order valence-electron chi connectivity index (χ0n) is 8.38. The fraction of sp³-hybridized carbons (Fsp3) is 0. The predicted molar refractivity (Wildman–Crippen MR) is 64.8 cm³/mol. The van der Waals surface area contributed by atoms with Crippen LogP contribution in [0.2, 0.25) is 5.02 Å². The molecule has 4 N–H and O–H groups in total. The molecule has 2 aromatic carbocycles. The van der Waals surface area contributed by atoms with Crippen LogP contribution in [0.4, 0.5) is 5.69 Å². The number of phenolic OH excluding ortho intramolecular Hbond substituents is 1. The molecule has 5 nitrogen and oxygen atoms in total. The molecular weight excluding hydrogens is 266 g/mol. The van der Waals surface area contributed by atoms with Crippen molar-refractivity contribution in [3.8, 4) is 5.75 Å². The van der Waals surface area contributed by atoms with Gasteiger partial charge in [0.15, 0.2) is 0 Å². The Bertz CT molecular complexity index is 712. The molecule has 2 aromatic rings. The van der Waals surface area contributed by atoms with E-state index in [1.807, 2.05) is 0 Å². The largest absolute Gasteiger partial charge is 0.507 e. The molecule has 0 saturated heterocycles. The summed E-state index contributed by atoms with van der Waals surface area (Å²) in [5.74, 6) is -0.354. The first kappa shape index (κ1) is 12.0. The molecule has 0 spiro atoms. The average Bonchev–Trinajstić information content (AvgIpc) is 2.21. The lowest BCUT2D eigenvalue weighted by Crippen LogP contribution is -2.03. The highest BCUT2D eigenvalue weighted by molar-refractivity contribution is 7.86. The maximum Gasteiger partial charge on any atom is 0.296 e. The van der Waals surface area contributed by atoms with E-state index in [2.05, 4.69) is 0 Å². The summed E-state index contributed by atoms with van der Waals surface area (Å²) in [5.41, 5.74) is 5.48. The lowest BCUT2D eigenvalue weighted by atomic mass is 10.1. The smallest absolute Gasteiger partial charge is 0.296 e. The highest BCUT2D eigenvalue weighted by Crippen LogP contribution is 2.38. The van der Waals surface area contributed by atoms with Gasteiger partial charge in [-0.05, 0) is 6.07 Å². The van der Waals surface area contributed by atoms with Crippen molar-refractivity contribution < 1.29 is 18.1 Å². The minimum atomic E-state index is -4.49. The molecule has 0 aliphatic heterocycles. The molecule has 0 bridgehead atoms. The Hall–Kier alpha value is -1.50. The molecule has 0 fully saturated rings. The van der Waals surface area contributed by atoms with E-state index < -0.39 is 15.0 Å². The fourth-order valence-electron chi connectivity index (χ4n) is 1.63. The molecule has 0 saturated carbocycles. The van der Waals surface area contributed by atoms with Crippen molar-refractivity contribution in [2.45, 2.75) is 4.90 Å². The fourth-order valence-corrected chi connectivity index (χ4v) is 2.55. The summed E-state index contributed by atoms with van der Waals surface area (Å²) in [6.07, 6.45) is 0. The summed E-state index contributed by atoms with van der Waals surface area (Å²) >= 11 is 5.87. The minimum Gasteiger partial charge on any atom is -0.507 e. The van der Waals surface area contributed by atoms with Crippen molar-refractivity contribution in [3.05, 3.63) is 29.3 Å². The van der Waals surface area contributed by atoms with E-state index in [9.17, 15) is 13.5 Å². The summed E-state index contributed by atoms with van der Waals surface area (Å²) in [6, 6.07) is 5.48. The molecule has 0 heterocycles. The van der Waals surface area contributed by atoms with Crippen molar-refractivity contribution in [1.82, 2.24) is 0 Å². The van der Waals surface area contributed by atoms with E-state index in [0.29, 0.717) is 0 Å². The Kier molecular flexibility index (Phi) is 2.65. The van der Waals surface area contributed by atoms with Gasteiger partial charge in [-0.15, -0.1) is 0 Å². The van der Waals surface area contributed by atoms with Gasteiger partial charge in [-0.25, -0.2) is 0 Å². The maximum absolute atomic E-state index is 11.1. The Balaban J connectivity index is 3.02. The lowest BCUT2D eigenvalue weighted by Gasteiger charge is -2.09. The number of hydrogen-bond donors (Lipinski definition) is 3. The molecule has 17 heavy (non-hydrogen) atoms. The number of fused-ring (bicyclic) bond motifs is 1. The van der Waals surface area contributed by atoms with E-state index in [1.165, 1.54) is 12.1 Å². The van der Waals surface area contributed by atoms with Crippen molar-refractivity contribution in [1.29, 1.82) is 0 Å². The number of nitrogens with two attached hydrogens (primary N) is 1. The molecule has 90 valence electrons. The summed E-state index contributed by atoms with van der Waals surface area (Å²) in [4.78, 5) is -0.537. The second-order valence-electron chi connectivity index (χ2n) is 3.44. The van der Waals surface area contributed by atoms with E-state index >= 15 is 0 Å². The van der Waals surface area contributed by atoms with E-state index in [1.54, 1.807) is 6.07 Å². The SMILES string of the molecule is Nc1c(S(=O)(=O)O)cc(O)c2c(Cl)cccc12. The van der Waals surface area contributed by atoms with Crippen LogP contribution in [0, 0.1) is 0 Å². The first-order chi connectivity index (χ1) is 7.82. The Morgan fingerprint density at radius 1 is 1.29 bits per heavy atom. The van der Waals surface area contributed by atoms with Crippen LogP contribution < -0.4 is 5.73 Å². The van der Waals surface area contributed by atoms with Crippen LogP contribution in [0.25, 0.3) is 10.8 Å². The quantitative estimate of drug-likeness (QED) is 0.419. The van der Waals surface area contributed by atoms with Crippen molar-refractivity contribution in [2.75, 3.05) is 5.73 Å². The summed E-state index contributed by atoms with van der Waals surface area (Å²) in [7, 11) is -4.49. The number of nitrogen functional groups attached to an aromatic ring is 1. The maximum atomic E-state index is 11.1. The Labute approximate surface area is 102 Å². The summed E-state index contributed by atoms with van der Waals surface area (Å²) < 4.78 is 31.1. The lowest BCUT2D eigenvalue weighted by molar-refractivity contribution is 0.471. The van der Waals surface area contributed by atoms with Crippen LogP contribution in [-0.4, -0.2) is 18.1 Å². The van der Waals surface area contributed by atoms with E-state index in [4.69, 9.17) is 21.9 Å². The van der Waals surface area contributed by atoms with Crippen LogP contribution in [-0.2, 0) is 10.1 Å². The third-order valence-electron chi connectivity index (χ3n) is 2.37. The second-order valence-corrected chi connectivity index (χ2v) is 5.24. The number of benzene rings is 2.